The van der Waals surface area contributed by atoms with E-state index in [0.29, 0.717) is 5.92 Å². The second kappa shape index (κ2) is 6.02. The first kappa shape index (κ1) is 13.2. The molecule has 0 spiro atoms. The van der Waals surface area contributed by atoms with Gasteiger partial charge in [-0.25, -0.2) is 4.89 Å². The van der Waals surface area contributed by atoms with Crippen LogP contribution in [0.15, 0.2) is 30.3 Å². The molecule has 0 heterocycles. The van der Waals surface area contributed by atoms with Crippen LogP contribution >= 0.6 is 0 Å². The Balaban J connectivity index is 2.34. The molecule has 1 aromatic rings. The molecule has 1 atom stereocenters. The van der Waals surface area contributed by atoms with E-state index in [0.717, 1.165) is 19.3 Å². The number of hydrogen-bond donors (Lipinski definition) is 1. The van der Waals surface area contributed by atoms with E-state index in [-0.39, 0.29) is 0 Å². The molecule has 1 N–H and O–H groups in total. The van der Waals surface area contributed by atoms with Gasteiger partial charge in [-0.2, -0.15) is 0 Å². The Morgan fingerprint density at radius 1 is 1.25 bits per heavy atom. The molecule has 0 aliphatic carbocycles. The smallest absolute Gasteiger partial charge is 0.0977 e. The molecule has 2 nitrogen and oxygen atoms in total. The van der Waals surface area contributed by atoms with Gasteiger partial charge < -0.3 is 0 Å². The van der Waals surface area contributed by atoms with E-state index in [1.807, 2.05) is 19.9 Å². The van der Waals surface area contributed by atoms with Crippen LogP contribution in [-0.4, -0.2) is 10.9 Å². The standard InChI is InChI=1S/C14H22O2/c1-12(13-9-5-4-6-10-13)8-7-11-14(2,3)16-15/h4-6,9-10,12,15H,7-8,11H2,1-3H3. The van der Waals surface area contributed by atoms with Crippen molar-refractivity contribution in [1.82, 2.24) is 0 Å². The first-order chi connectivity index (χ1) is 7.55. The van der Waals surface area contributed by atoms with Gasteiger partial charge in [0.2, 0.25) is 0 Å². The normalized spacial score (nSPS) is 13.8. The van der Waals surface area contributed by atoms with Crippen molar-refractivity contribution in [3.8, 4) is 0 Å². The molecule has 1 unspecified atom stereocenters. The van der Waals surface area contributed by atoms with Crippen molar-refractivity contribution in [1.29, 1.82) is 0 Å². The first-order valence-corrected chi connectivity index (χ1v) is 5.93. The molecular formula is C14H22O2. The number of benzene rings is 1. The van der Waals surface area contributed by atoms with E-state index in [2.05, 4.69) is 36.1 Å². The highest BCUT2D eigenvalue weighted by Crippen LogP contribution is 2.24. The summed E-state index contributed by atoms with van der Waals surface area (Å²) in [6.45, 7) is 6.04. The maximum atomic E-state index is 8.68. The third-order valence-corrected chi connectivity index (χ3v) is 3.03. The van der Waals surface area contributed by atoms with Crippen LogP contribution in [0, 0.1) is 0 Å². The van der Waals surface area contributed by atoms with Crippen molar-refractivity contribution in [3.05, 3.63) is 35.9 Å². The minimum Gasteiger partial charge on any atom is -0.251 e. The van der Waals surface area contributed by atoms with Gasteiger partial charge in [-0.1, -0.05) is 37.3 Å². The van der Waals surface area contributed by atoms with Crippen LogP contribution in [0.1, 0.15) is 51.5 Å². The van der Waals surface area contributed by atoms with E-state index in [9.17, 15) is 0 Å². The van der Waals surface area contributed by atoms with Crippen LogP contribution in [0.3, 0.4) is 0 Å². The van der Waals surface area contributed by atoms with E-state index in [4.69, 9.17) is 5.26 Å². The zero-order valence-corrected chi connectivity index (χ0v) is 10.4. The molecular weight excluding hydrogens is 200 g/mol. The zero-order valence-electron chi connectivity index (χ0n) is 10.4. The summed E-state index contributed by atoms with van der Waals surface area (Å²) in [5.74, 6) is 0.565. The fourth-order valence-electron chi connectivity index (χ4n) is 1.83. The monoisotopic (exact) mass is 222 g/mol. The predicted molar refractivity (Wildman–Crippen MR) is 66.5 cm³/mol. The second-order valence-electron chi connectivity index (χ2n) is 5.05. The van der Waals surface area contributed by atoms with Gasteiger partial charge in [-0.3, -0.25) is 5.26 Å². The van der Waals surface area contributed by atoms with Gasteiger partial charge in [0.1, 0.15) is 0 Å². The van der Waals surface area contributed by atoms with Crippen LogP contribution in [0.2, 0.25) is 0 Å². The highest BCUT2D eigenvalue weighted by molar-refractivity contribution is 5.18. The van der Waals surface area contributed by atoms with Crippen LogP contribution in [0.25, 0.3) is 0 Å². The average molecular weight is 222 g/mol. The van der Waals surface area contributed by atoms with Gasteiger partial charge in [-0.05, 0) is 44.6 Å². The molecule has 0 saturated carbocycles. The maximum Gasteiger partial charge on any atom is 0.0977 e. The summed E-state index contributed by atoms with van der Waals surface area (Å²) in [4.78, 5) is 4.43. The SMILES string of the molecule is CC(CCCC(C)(C)OO)c1ccccc1. The first-order valence-electron chi connectivity index (χ1n) is 5.93. The topological polar surface area (TPSA) is 29.5 Å². The molecule has 16 heavy (non-hydrogen) atoms. The molecule has 1 aromatic carbocycles. The fraction of sp³-hybridized carbons (Fsp3) is 0.571. The average Bonchev–Trinajstić information content (AvgIpc) is 2.30. The Hall–Kier alpha value is -0.860. The van der Waals surface area contributed by atoms with Crippen molar-refractivity contribution >= 4 is 0 Å². The van der Waals surface area contributed by atoms with Gasteiger partial charge in [0, 0.05) is 0 Å². The van der Waals surface area contributed by atoms with Crippen molar-refractivity contribution in [2.24, 2.45) is 0 Å². The summed E-state index contributed by atoms with van der Waals surface area (Å²) >= 11 is 0. The lowest BCUT2D eigenvalue weighted by molar-refractivity contribution is -0.314. The highest BCUT2D eigenvalue weighted by Gasteiger charge is 2.18. The molecule has 0 bridgehead atoms. The predicted octanol–water partition coefficient (Wildman–Crippen LogP) is 4.23. The largest absolute Gasteiger partial charge is 0.251 e. The summed E-state index contributed by atoms with van der Waals surface area (Å²) in [5.41, 5.74) is 0.960. The number of rotatable bonds is 6. The lowest BCUT2D eigenvalue weighted by Gasteiger charge is -2.21. The Morgan fingerprint density at radius 2 is 1.88 bits per heavy atom. The van der Waals surface area contributed by atoms with Crippen LogP contribution in [0.5, 0.6) is 0 Å². The molecule has 2 heteroatoms. The highest BCUT2D eigenvalue weighted by atomic mass is 17.1. The summed E-state index contributed by atoms with van der Waals surface area (Å²) in [6, 6.07) is 10.5. The van der Waals surface area contributed by atoms with Crippen molar-refractivity contribution < 1.29 is 10.1 Å². The van der Waals surface area contributed by atoms with E-state index in [1.165, 1.54) is 5.56 Å². The van der Waals surface area contributed by atoms with E-state index in [1.54, 1.807) is 0 Å². The molecule has 1 rings (SSSR count). The molecule has 0 aliphatic heterocycles. The molecule has 90 valence electrons. The van der Waals surface area contributed by atoms with Gasteiger partial charge in [-0.15, -0.1) is 0 Å². The van der Waals surface area contributed by atoms with Gasteiger partial charge in [0.05, 0.1) is 5.60 Å². The minimum absolute atomic E-state index is 0.420. The van der Waals surface area contributed by atoms with E-state index >= 15 is 0 Å². The maximum absolute atomic E-state index is 8.68. The number of hydrogen-bond acceptors (Lipinski definition) is 2. The third-order valence-electron chi connectivity index (χ3n) is 3.03. The molecule has 0 radical (unpaired) electrons. The zero-order chi connectivity index (χ0) is 12.0. The fourth-order valence-corrected chi connectivity index (χ4v) is 1.83. The summed E-state index contributed by atoms with van der Waals surface area (Å²) < 4.78 is 0. The molecule has 0 amide bonds. The Bertz CT molecular complexity index is 293. The van der Waals surface area contributed by atoms with Gasteiger partial charge in [0.15, 0.2) is 0 Å². The molecule has 0 fully saturated rings. The van der Waals surface area contributed by atoms with Crippen LogP contribution < -0.4 is 0 Å². The molecule has 0 aromatic heterocycles. The summed E-state index contributed by atoms with van der Waals surface area (Å²) in [5, 5.41) is 8.68. The third kappa shape index (κ3) is 4.33. The Labute approximate surface area is 98.2 Å². The van der Waals surface area contributed by atoms with Gasteiger partial charge in [0.25, 0.3) is 0 Å². The lowest BCUT2D eigenvalue weighted by atomic mass is 9.92. The van der Waals surface area contributed by atoms with Crippen LogP contribution in [0.4, 0.5) is 0 Å². The Kier molecular flexibility index (Phi) is 4.97. The van der Waals surface area contributed by atoms with Crippen molar-refractivity contribution in [2.45, 2.75) is 51.6 Å². The molecule has 0 saturated heterocycles. The molecule has 0 aliphatic rings. The second-order valence-corrected chi connectivity index (χ2v) is 5.05. The van der Waals surface area contributed by atoms with Gasteiger partial charge >= 0.3 is 0 Å². The Morgan fingerprint density at radius 3 is 2.44 bits per heavy atom. The van der Waals surface area contributed by atoms with Crippen molar-refractivity contribution in [2.75, 3.05) is 0 Å². The quantitative estimate of drug-likeness (QED) is 0.576. The summed E-state index contributed by atoms with van der Waals surface area (Å²) in [7, 11) is 0. The summed E-state index contributed by atoms with van der Waals surface area (Å²) in [6.07, 6.45) is 3.06. The minimum atomic E-state index is -0.420. The van der Waals surface area contributed by atoms with E-state index < -0.39 is 5.60 Å². The van der Waals surface area contributed by atoms with Crippen molar-refractivity contribution in [3.63, 3.8) is 0 Å². The van der Waals surface area contributed by atoms with Crippen LogP contribution in [-0.2, 0) is 4.89 Å². The lowest BCUT2D eigenvalue weighted by Crippen LogP contribution is -2.22.